The van der Waals surface area contributed by atoms with Crippen LogP contribution in [0.15, 0.2) is 48.5 Å². The van der Waals surface area contributed by atoms with Crippen LogP contribution in [-0.2, 0) is 0 Å². The molecule has 142 valence electrons. The van der Waals surface area contributed by atoms with Crippen LogP contribution < -0.4 is 14.5 Å². The van der Waals surface area contributed by atoms with E-state index in [1.807, 2.05) is 36.4 Å². The fourth-order valence-electron chi connectivity index (χ4n) is 3.40. The number of hydrogen-bond acceptors (Lipinski definition) is 6. The van der Waals surface area contributed by atoms with Gasteiger partial charge in [-0.15, -0.1) is 5.10 Å². The summed E-state index contributed by atoms with van der Waals surface area (Å²) < 4.78 is 5.23. The normalized spacial score (nSPS) is 15.2. The maximum atomic E-state index is 5.76. The summed E-state index contributed by atoms with van der Waals surface area (Å²) in [7, 11) is 1.70. The molecular weight excluding hydrogens is 342 g/mol. The zero-order chi connectivity index (χ0) is 18.5. The molecule has 4 rings (SSSR count). The molecule has 0 saturated carbocycles. The van der Waals surface area contributed by atoms with Gasteiger partial charge in [-0.3, -0.25) is 4.90 Å². The van der Waals surface area contributed by atoms with Crippen molar-refractivity contribution in [2.24, 2.45) is 0 Å². The molecule has 2 aromatic carbocycles. The Morgan fingerprint density at radius 2 is 1.74 bits per heavy atom. The summed E-state index contributed by atoms with van der Waals surface area (Å²) in [5.74, 6) is 0.901. The lowest BCUT2D eigenvalue weighted by Crippen LogP contribution is -2.46. The molecule has 1 aliphatic rings. The third-order valence-corrected chi connectivity index (χ3v) is 4.96. The van der Waals surface area contributed by atoms with Crippen LogP contribution in [0, 0.1) is 0 Å². The molecule has 0 spiro atoms. The van der Waals surface area contributed by atoms with Gasteiger partial charge in [-0.25, -0.2) is 0 Å². The Hall–Kier alpha value is -2.80. The first-order valence-corrected chi connectivity index (χ1v) is 9.38. The number of nitrogens with zero attached hydrogens (tertiary/aromatic N) is 5. The van der Waals surface area contributed by atoms with E-state index in [4.69, 9.17) is 9.57 Å². The largest absolute Gasteiger partial charge is 0.497 e. The summed E-state index contributed by atoms with van der Waals surface area (Å²) in [6.45, 7) is 5.88. The highest BCUT2D eigenvalue weighted by molar-refractivity contribution is 5.73. The lowest BCUT2D eigenvalue weighted by atomic mass is 10.2. The smallest absolute Gasteiger partial charge is 0.130 e. The van der Waals surface area contributed by atoms with E-state index in [2.05, 4.69) is 32.2 Å². The predicted molar refractivity (Wildman–Crippen MR) is 105 cm³/mol. The Kier molecular flexibility index (Phi) is 5.39. The van der Waals surface area contributed by atoms with Gasteiger partial charge in [0.1, 0.15) is 23.4 Å². The molecule has 1 aromatic heterocycles. The summed E-state index contributed by atoms with van der Waals surface area (Å²) >= 11 is 0. The SMILES string of the molecule is COc1ccc(N2CCN(CCCOn3nnc4ccccc43)CC2)cc1. The molecule has 1 fully saturated rings. The van der Waals surface area contributed by atoms with Gasteiger partial charge in [-0.05, 0) is 48.0 Å². The number of ether oxygens (including phenoxy) is 1. The van der Waals surface area contributed by atoms with E-state index in [1.54, 1.807) is 7.11 Å². The molecule has 0 unspecified atom stereocenters. The number of methoxy groups -OCH3 is 1. The zero-order valence-corrected chi connectivity index (χ0v) is 15.6. The molecule has 2 heterocycles. The molecule has 1 saturated heterocycles. The van der Waals surface area contributed by atoms with Gasteiger partial charge in [-0.1, -0.05) is 17.0 Å². The third-order valence-electron chi connectivity index (χ3n) is 4.96. The predicted octanol–water partition coefficient (Wildman–Crippen LogP) is 2.08. The van der Waals surface area contributed by atoms with E-state index in [0.29, 0.717) is 6.61 Å². The first-order chi connectivity index (χ1) is 13.3. The number of rotatable bonds is 7. The van der Waals surface area contributed by atoms with Gasteiger partial charge < -0.3 is 14.5 Å². The minimum atomic E-state index is 0.631. The maximum absolute atomic E-state index is 5.76. The number of fused-ring (bicyclic) bond motifs is 1. The Labute approximate surface area is 159 Å². The van der Waals surface area contributed by atoms with Gasteiger partial charge in [0.15, 0.2) is 0 Å². The molecule has 7 nitrogen and oxygen atoms in total. The standard InChI is InChI=1S/C20H25N5O2/c1-26-18-9-7-17(8-10-18)24-14-12-23(13-15-24)11-4-16-27-25-20-6-3-2-5-19(20)21-22-25/h2-3,5-10H,4,11-16H2,1H3. The Morgan fingerprint density at radius 1 is 0.963 bits per heavy atom. The van der Waals surface area contributed by atoms with E-state index >= 15 is 0 Å². The van der Waals surface area contributed by atoms with Gasteiger partial charge in [0, 0.05) is 38.4 Å². The Bertz CT molecular complexity index is 856. The molecule has 0 atom stereocenters. The van der Waals surface area contributed by atoms with Gasteiger partial charge in [0.2, 0.25) is 0 Å². The number of benzene rings is 2. The molecular formula is C20H25N5O2. The van der Waals surface area contributed by atoms with Crippen molar-refractivity contribution in [3.8, 4) is 5.75 Å². The number of anilines is 1. The first-order valence-electron chi connectivity index (χ1n) is 9.38. The summed E-state index contributed by atoms with van der Waals surface area (Å²) in [5.41, 5.74) is 3.02. The van der Waals surface area contributed by atoms with Crippen molar-refractivity contribution in [3.63, 3.8) is 0 Å². The second-order valence-corrected chi connectivity index (χ2v) is 6.66. The van der Waals surface area contributed by atoms with E-state index < -0.39 is 0 Å². The van der Waals surface area contributed by atoms with Crippen molar-refractivity contribution >= 4 is 16.7 Å². The zero-order valence-electron chi connectivity index (χ0n) is 15.6. The second-order valence-electron chi connectivity index (χ2n) is 6.66. The van der Waals surface area contributed by atoms with E-state index in [0.717, 1.165) is 55.9 Å². The fourth-order valence-corrected chi connectivity index (χ4v) is 3.40. The van der Waals surface area contributed by atoms with Crippen LogP contribution >= 0.6 is 0 Å². The van der Waals surface area contributed by atoms with Crippen LogP contribution in [0.1, 0.15) is 6.42 Å². The Balaban J connectivity index is 1.19. The van der Waals surface area contributed by atoms with Crippen LogP contribution in [0.5, 0.6) is 5.75 Å². The molecule has 0 amide bonds. The number of piperazine rings is 1. The number of para-hydroxylation sites is 1. The average Bonchev–Trinajstić information content (AvgIpc) is 3.15. The van der Waals surface area contributed by atoms with Crippen molar-refractivity contribution in [3.05, 3.63) is 48.5 Å². The van der Waals surface area contributed by atoms with Crippen molar-refractivity contribution in [1.29, 1.82) is 0 Å². The Morgan fingerprint density at radius 3 is 2.52 bits per heavy atom. The molecule has 0 aliphatic carbocycles. The van der Waals surface area contributed by atoms with Crippen molar-refractivity contribution in [1.82, 2.24) is 20.1 Å². The first kappa shape index (κ1) is 17.6. The highest BCUT2D eigenvalue weighted by Crippen LogP contribution is 2.20. The van der Waals surface area contributed by atoms with E-state index in [-0.39, 0.29) is 0 Å². The molecule has 0 radical (unpaired) electrons. The van der Waals surface area contributed by atoms with Gasteiger partial charge in [0.25, 0.3) is 0 Å². The average molecular weight is 367 g/mol. The van der Waals surface area contributed by atoms with Crippen LogP contribution in [0.25, 0.3) is 11.0 Å². The van der Waals surface area contributed by atoms with Gasteiger partial charge >= 0.3 is 0 Å². The summed E-state index contributed by atoms with van der Waals surface area (Å²) in [5, 5.41) is 8.15. The van der Waals surface area contributed by atoms with Crippen LogP contribution in [0.3, 0.4) is 0 Å². The lowest BCUT2D eigenvalue weighted by Gasteiger charge is -2.36. The van der Waals surface area contributed by atoms with E-state index in [9.17, 15) is 0 Å². The minimum Gasteiger partial charge on any atom is -0.497 e. The fraction of sp³-hybridized carbons (Fsp3) is 0.400. The van der Waals surface area contributed by atoms with Crippen LogP contribution in [-0.4, -0.2) is 66.5 Å². The number of hydrogen-bond donors (Lipinski definition) is 0. The van der Waals surface area contributed by atoms with Crippen molar-refractivity contribution < 1.29 is 9.57 Å². The van der Waals surface area contributed by atoms with Crippen LogP contribution in [0.2, 0.25) is 0 Å². The lowest BCUT2D eigenvalue weighted by molar-refractivity contribution is 0.0785. The van der Waals surface area contributed by atoms with Crippen LogP contribution in [0.4, 0.5) is 5.69 Å². The quantitative estimate of drug-likeness (QED) is 0.596. The van der Waals surface area contributed by atoms with Crippen molar-refractivity contribution in [2.45, 2.75) is 6.42 Å². The van der Waals surface area contributed by atoms with E-state index in [1.165, 1.54) is 10.5 Å². The minimum absolute atomic E-state index is 0.631. The second kappa shape index (κ2) is 8.26. The third kappa shape index (κ3) is 4.14. The molecule has 3 aromatic rings. The maximum Gasteiger partial charge on any atom is 0.130 e. The molecule has 27 heavy (non-hydrogen) atoms. The number of aromatic nitrogens is 3. The summed E-state index contributed by atoms with van der Waals surface area (Å²) in [6.07, 6.45) is 0.969. The molecule has 7 heteroatoms. The van der Waals surface area contributed by atoms with Gasteiger partial charge in [-0.2, -0.15) is 0 Å². The monoisotopic (exact) mass is 367 g/mol. The van der Waals surface area contributed by atoms with Gasteiger partial charge in [0.05, 0.1) is 7.11 Å². The highest BCUT2D eigenvalue weighted by Gasteiger charge is 2.17. The topological polar surface area (TPSA) is 55.7 Å². The summed E-state index contributed by atoms with van der Waals surface area (Å²) in [4.78, 5) is 12.2. The highest BCUT2D eigenvalue weighted by atomic mass is 16.7. The molecule has 0 bridgehead atoms. The van der Waals surface area contributed by atoms with Crippen molar-refractivity contribution in [2.75, 3.05) is 51.3 Å². The molecule has 0 N–H and O–H groups in total. The summed E-state index contributed by atoms with van der Waals surface area (Å²) in [6, 6.07) is 16.1. The molecule has 1 aliphatic heterocycles.